The Hall–Kier alpha value is -1.96. The molecule has 0 spiro atoms. The highest BCUT2D eigenvalue weighted by Gasteiger charge is 2.33. The van der Waals surface area contributed by atoms with Gasteiger partial charge in [-0.2, -0.15) is 0 Å². The predicted molar refractivity (Wildman–Crippen MR) is 84.3 cm³/mol. The summed E-state index contributed by atoms with van der Waals surface area (Å²) in [5.41, 5.74) is 0.416. The van der Waals surface area contributed by atoms with E-state index < -0.39 is 15.7 Å². The van der Waals surface area contributed by atoms with Crippen LogP contribution in [0.2, 0.25) is 0 Å². The number of carbonyl (C=O) groups is 2. The minimum atomic E-state index is -3.09. The van der Waals surface area contributed by atoms with Crippen LogP contribution < -0.4 is 4.90 Å². The smallest absolute Gasteiger partial charge is 0.242 e. The number of amides is 2. The van der Waals surface area contributed by atoms with Crippen LogP contribution in [0.15, 0.2) is 24.3 Å². The number of rotatable bonds is 4. The summed E-state index contributed by atoms with van der Waals surface area (Å²) >= 11 is 0. The minimum Gasteiger partial charge on any atom is -0.340 e. The number of anilines is 1. The summed E-state index contributed by atoms with van der Waals surface area (Å²) in [5, 5.41) is 0. The number of likely N-dealkylation sites (N-methyl/N-ethyl adjacent to an activating group) is 1. The van der Waals surface area contributed by atoms with Crippen molar-refractivity contribution in [3.8, 4) is 0 Å². The maximum Gasteiger partial charge on any atom is 0.242 e. The summed E-state index contributed by atoms with van der Waals surface area (Å²) in [6, 6.07) is 4.90. The summed E-state index contributed by atoms with van der Waals surface area (Å²) in [5.74, 6) is -1.11. The molecular formula is C15H19FN2O4S. The van der Waals surface area contributed by atoms with Gasteiger partial charge in [-0.3, -0.25) is 9.59 Å². The normalized spacial score (nSPS) is 19.3. The Balaban J connectivity index is 2.09. The lowest BCUT2D eigenvalue weighted by molar-refractivity contribution is -0.131. The Labute approximate surface area is 134 Å². The molecule has 126 valence electrons. The van der Waals surface area contributed by atoms with Crippen molar-refractivity contribution in [1.82, 2.24) is 4.90 Å². The van der Waals surface area contributed by atoms with Gasteiger partial charge in [-0.1, -0.05) is 0 Å². The molecule has 1 unspecified atom stereocenters. The van der Waals surface area contributed by atoms with Crippen LogP contribution in [0, 0.1) is 5.82 Å². The lowest BCUT2D eigenvalue weighted by Gasteiger charge is -2.27. The van der Waals surface area contributed by atoms with E-state index in [-0.39, 0.29) is 35.9 Å². The van der Waals surface area contributed by atoms with Gasteiger partial charge in [-0.25, -0.2) is 12.8 Å². The van der Waals surface area contributed by atoms with E-state index >= 15 is 0 Å². The molecule has 0 aromatic heterocycles. The molecule has 1 aromatic carbocycles. The SMILES string of the molecule is CC(=O)N(CC(=O)N(C)C1CCS(=O)(=O)C1)c1ccc(F)cc1. The van der Waals surface area contributed by atoms with Crippen LogP contribution in [-0.2, 0) is 19.4 Å². The fourth-order valence-electron chi connectivity index (χ4n) is 2.54. The predicted octanol–water partition coefficient (Wildman–Crippen LogP) is 0.824. The van der Waals surface area contributed by atoms with Crippen LogP contribution in [0.1, 0.15) is 13.3 Å². The molecule has 1 atom stereocenters. The van der Waals surface area contributed by atoms with Gasteiger partial charge < -0.3 is 9.80 Å². The maximum absolute atomic E-state index is 13.0. The molecule has 2 rings (SSSR count). The fraction of sp³-hybridized carbons (Fsp3) is 0.467. The third-order valence-electron chi connectivity index (χ3n) is 3.96. The first-order chi connectivity index (χ1) is 10.7. The van der Waals surface area contributed by atoms with Crippen molar-refractivity contribution in [3.63, 3.8) is 0 Å². The first-order valence-electron chi connectivity index (χ1n) is 7.19. The number of halogens is 1. The average Bonchev–Trinajstić information content (AvgIpc) is 2.84. The summed E-state index contributed by atoms with van der Waals surface area (Å²) < 4.78 is 36.0. The lowest BCUT2D eigenvalue weighted by Crippen LogP contribution is -2.45. The Bertz CT molecular complexity index is 703. The molecule has 8 heteroatoms. The molecule has 1 saturated heterocycles. The monoisotopic (exact) mass is 342 g/mol. The van der Waals surface area contributed by atoms with Gasteiger partial charge in [0.15, 0.2) is 9.84 Å². The number of hydrogen-bond donors (Lipinski definition) is 0. The molecule has 1 aliphatic rings. The highest BCUT2D eigenvalue weighted by atomic mass is 32.2. The number of sulfone groups is 1. The van der Waals surface area contributed by atoms with Crippen LogP contribution in [0.25, 0.3) is 0 Å². The average molecular weight is 342 g/mol. The lowest BCUT2D eigenvalue weighted by atomic mass is 10.2. The summed E-state index contributed by atoms with van der Waals surface area (Å²) in [7, 11) is -1.55. The van der Waals surface area contributed by atoms with E-state index in [2.05, 4.69) is 0 Å². The van der Waals surface area contributed by atoms with E-state index in [1.54, 1.807) is 0 Å². The zero-order valence-corrected chi connectivity index (χ0v) is 13.8. The van der Waals surface area contributed by atoms with Gasteiger partial charge >= 0.3 is 0 Å². The minimum absolute atomic E-state index is 0.0497. The number of hydrogen-bond acceptors (Lipinski definition) is 4. The fourth-order valence-corrected chi connectivity index (χ4v) is 4.31. The molecule has 2 amide bonds. The van der Waals surface area contributed by atoms with E-state index in [9.17, 15) is 22.4 Å². The maximum atomic E-state index is 13.0. The summed E-state index contributed by atoms with van der Waals surface area (Å²) in [6.07, 6.45) is 0.404. The van der Waals surface area contributed by atoms with Gasteiger partial charge in [0.25, 0.3) is 0 Å². The molecule has 1 fully saturated rings. The van der Waals surface area contributed by atoms with Crippen LogP contribution in [0.3, 0.4) is 0 Å². The van der Waals surface area contributed by atoms with Gasteiger partial charge in [-0.15, -0.1) is 0 Å². The molecule has 1 heterocycles. The molecule has 1 aliphatic heterocycles. The van der Waals surface area contributed by atoms with Crippen molar-refractivity contribution in [3.05, 3.63) is 30.1 Å². The van der Waals surface area contributed by atoms with E-state index in [4.69, 9.17) is 0 Å². The van der Waals surface area contributed by atoms with Gasteiger partial charge in [0, 0.05) is 25.7 Å². The van der Waals surface area contributed by atoms with Gasteiger partial charge in [-0.05, 0) is 30.7 Å². The van der Waals surface area contributed by atoms with Crippen LogP contribution in [0.4, 0.5) is 10.1 Å². The second-order valence-electron chi connectivity index (χ2n) is 5.64. The largest absolute Gasteiger partial charge is 0.340 e. The van der Waals surface area contributed by atoms with Crippen LogP contribution in [-0.4, -0.2) is 56.3 Å². The Morgan fingerprint density at radius 2 is 1.87 bits per heavy atom. The first-order valence-corrected chi connectivity index (χ1v) is 9.01. The highest BCUT2D eigenvalue weighted by Crippen LogP contribution is 2.19. The van der Waals surface area contributed by atoms with Crippen molar-refractivity contribution < 1.29 is 22.4 Å². The number of nitrogens with zero attached hydrogens (tertiary/aromatic N) is 2. The molecule has 0 N–H and O–H groups in total. The zero-order chi connectivity index (χ0) is 17.2. The Kier molecular flexibility index (Phi) is 5.03. The second-order valence-corrected chi connectivity index (χ2v) is 7.87. The first kappa shape index (κ1) is 17.4. The van der Waals surface area contributed by atoms with Crippen molar-refractivity contribution in [2.45, 2.75) is 19.4 Å². The molecule has 23 heavy (non-hydrogen) atoms. The van der Waals surface area contributed by atoms with E-state index in [0.717, 1.165) is 0 Å². The van der Waals surface area contributed by atoms with Gasteiger partial charge in [0.1, 0.15) is 12.4 Å². The Morgan fingerprint density at radius 1 is 1.26 bits per heavy atom. The molecule has 6 nitrogen and oxygen atoms in total. The third-order valence-corrected chi connectivity index (χ3v) is 5.71. The molecule has 1 aromatic rings. The number of benzene rings is 1. The van der Waals surface area contributed by atoms with Crippen molar-refractivity contribution in [2.75, 3.05) is 30.0 Å². The van der Waals surface area contributed by atoms with Crippen LogP contribution >= 0.6 is 0 Å². The molecule has 0 bridgehead atoms. The molecule has 0 saturated carbocycles. The van der Waals surface area contributed by atoms with E-state index in [1.807, 2.05) is 0 Å². The summed E-state index contributed by atoms with van der Waals surface area (Å²) in [6.45, 7) is 1.10. The quantitative estimate of drug-likeness (QED) is 0.812. The molecular weight excluding hydrogens is 323 g/mol. The number of carbonyl (C=O) groups excluding carboxylic acids is 2. The van der Waals surface area contributed by atoms with Gasteiger partial charge in [0.05, 0.1) is 11.5 Å². The third kappa shape index (κ3) is 4.28. The van der Waals surface area contributed by atoms with E-state index in [0.29, 0.717) is 12.1 Å². The van der Waals surface area contributed by atoms with Crippen molar-refractivity contribution in [1.29, 1.82) is 0 Å². The molecule has 0 radical (unpaired) electrons. The zero-order valence-electron chi connectivity index (χ0n) is 13.0. The van der Waals surface area contributed by atoms with E-state index in [1.165, 1.54) is 48.0 Å². The van der Waals surface area contributed by atoms with Crippen LogP contribution in [0.5, 0.6) is 0 Å². The topological polar surface area (TPSA) is 74.8 Å². The standard InChI is InChI=1S/C15H19FN2O4S/c1-11(19)18(13-5-3-12(16)4-6-13)9-15(20)17(2)14-7-8-23(21,22)10-14/h3-6,14H,7-10H2,1-2H3. The van der Waals surface area contributed by atoms with Gasteiger partial charge in [0.2, 0.25) is 11.8 Å². The van der Waals surface area contributed by atoms with Crippen molar-refractivity contribution in [2.24, 2.45) is 0 Å². The highest BCUT2D eigenvalue weighted by molar-refractivity contribution is 7.91. The molecule has 0 aliphatic carbocycles. The summed E-state index contributed by atoms with van der Waals surface area (Å²) in [4.78, 5) is 26.8. The Morgan fingerprint density at radius 3 is 2.35 bits per heavy atom. The second kappa shape index (κ2) is 6.66. The van der Waals surface area contributed by atoms with Crippen molar-refractivity contribution >= 4 is 27.3 Å².